The molecule has 0 aromatic rings. The summed E-state index contributed by atoms with van der Waals surface area (Å²) in [6.07, 6.45) is 13.0. The van der Waals surface area contributed by atoms with Gasteiger partial charge in [0.2, 0.25) is 0 Å². The van der Waals surface area contributed by atoms with Crippen molar-refractivity contribution in [3.05, 3.63) is 0 Å². The minimum atomic E-state index is 0.375. The molecule has 16 heavy (non-hydrogen) atoms. The molecule has 0 atom stereocenters. The Kier molecular flexibility index (Phi) is 23.5. The van der Waals surface area contributed by atoms with Crippen LogP contribution in [0.1, 0.15) is 71.6 Å². The first-order chi connectivity index (χ1) is 7.83. The highest BCUT2D eigenvalue weighted by molar-refractivity contribution is 6.32. The molecular formula is C11H26B2O3. The molecule has 0 aliphatic rings. The molecule has 0 amide bonds. The van der Waals surface area contributed by atoms with Gasteiger partial charge in [-0.2, -0.15) is 0 Å². The molecule has 0 aromatic carbocycles. The largest absolute Gasteiger partial charge is 0.469 e. The number of hydrogen-bond donors (Lipinski definition) is 2. The fourth-order valence-electron chi connectivity index (χ4n) is 1.41. The van der Waals surface area contributed by atoms with Crippen LogP contribution in [0.25, 0.3) is 0 Å². The summed E-state index contributed by atoms with van der Waals surface area (Å²) in [6.45, 7) is 4.55. The molecule has 0 saturated heterocycles. The molecule has 0 fully saturated rings. The van der Waals surface area contributed by atoms with Gasteiger partial charge in [0.25, 0.3) is 0 Å². The predicted octanol–water partition coefficient (Wildman–Crippen LogP) is 2.59. The summed E-state index contributed by atoms with van der Waals surface area (Å²) in [5.41, 5.74) is 0. The van der Waals surface area contributed by atoms with Crippen molar-refractivity contribution in [1.29, 1.82) is 0 Å². The standard InChI is InChI=1S/C11H24.B2H2O3/c1-3-5-7-9-11-10-8-6-4-2;3-1-5-2-4/h3-11H2,1-2H3;3-4H. The van der Waals surface area contributed by atoms with Gasteiger partial charge in [0.1, 0.15) is 0 Å². The van der Waals surface area contributed by atoms with E-state index in [0.717, 1.165) is 0 Å². The quantitative estimate of drug-likeness (QED) is 0.446. The number of hydrogen-bond acceptors (Lipinski definition) is 3. The maximum absolute atomic E-state index is 7.53. The van der Waals surface area contributed by atoms with Gasteiger partial charge in [0, 0.05) is 0 Å². The summed E-state index contributed by atoms with van der Waals surface area (Å²) in [4.78, 5) is 0. The molecule has 0 spiro atoms. The fourth-order valence-corrected chi connectivity index (χ4v) is 1.41. The molecule has 5 heteroatoms. The summed E-state index contributed by atoms with van der Waals surface area (Å²) in [5, 5.41) is 15.1. The van der Waals surface area contributed by atoms with Gasteiger partial charge < -0.3 is 14.6 Å². The molecule has 0 rings (SSSR count). The van der Waals surface area contributed by atoms with Crippen LogP contribution >= 0.6 is 0 Å². The minimum Gasteiger partial charge on any atom is -0.456 e. The Morgan fingerprint density at radius 2 is 1.00 bits per heavy atom. The predicted molar refractivity (Wildman–Crippen MR) is 69.9 cm³/mol. The zero-order chi connectivity index (χ0) is 12.5. The second-order valence-electron chi connectivity index (χ2n) is 3.82. The highest BCUT2D eigenvalue weighted by atomic mass is 16.5. The number of unbranched alkanes of at least 4 members (excludes halogenated alkanes) is 8. The highest BCUT2D eigenvalue weighted by Gasteiger charge is 1.89. The first-order valence-corrected chi connectivity index (χ1v) is 6.40. The molecule has 0 aliphatic carbocycles. The van der Waals surface area contributed by atoms with Gasteiger partial charge in [-0.15, -0.1) is 0 Å². The second-order valence-corrected chi connectivity index (χ2v) is 3.82. The average molecular weight is 228 g/mol. The van der Waals surface area contributed by atoms with Crippen molar-refractivity contribution in [3.8, 4) is 0 Å². The van der Waals surface area contributed by atoms with E-state index in [4.69, 9.17) is 10.0 Å². The fraction of sp³-hybridized carbons (Fsp3) is 1.00. The molecule has 0 heterocycles. The lowest BCUT2D eigenvalue weighted by Gasteiger charge is -1.98. The molecule has 2 N–H and O–H groups in total. The van der Waals surface area contributed by atoms with Crippen LogP contribution in [0.15, 0.2) is 0 Å². The molecule has 3 nitrogen and oxygen atoms in total. The Balaban J connectivity index is 0. The van der Waals surface area contributed by atoms with Gasteiger partial charge in [-0.25, -0.2) is 0 Å². The van der Waals surface area contributed by atoms with Gasteiger partial charge in [0.05, 0.1) is 0 Å². The van der Waals surface area contributed by atoms with Crippen molar-refractivity contribution in [2.75, 3.05) is 0 Å². The van der Waals surface area contributed by atoms with E-state index in [1.54, 1.807) is 0 Å². The van der Waals surface area contributed by atoms with Crippen LogP contribution in [0.2, 0.25) is 0 Å². The van der Waals surface area contributed by atoms with Crippen molar-refractivity contribution in [2.45, 2.75) is 71.6 Å². The summed E-state index contributed by atoms with van der Waals surface area (Å²) in [7, 11) is 0.750. The first kappa shape index (κ1) is 18.4. The topological polar surface area (TPSA) is 49.7 Å². The van der Waals surface area contributed by atoms with Crippen molar-refractivity contribution >= 4 is 15.4 Å². The van der Waals surface area contributed by atoms with Gasteiger partial charge in [0.15, 0.2) is 0 Å². The van der Waals surface area contributed by atoms with E-state index >= 15 is 0 Å². The minimum absolute atomic E-state index is 0.375. The molecule has 94 valence electrons. The second kappa shape index (κ2) is 20.4. The number of rotatable bonds is 10. The van der Waals surface area contributed by atoms with Gasteiger partial charge >= 0.3 is 15.4 Å². The highest BCUT2D eigenvalue weighted by Crippen LogP contribution is 2.08. The third-order valence-electron chi connectivity index (χ3n) is 2.33. The lowest BCUT2D eigenvalue weighted by atomic mass is 10.1. The van der Waals surface area contributed by atoms with E-state index in [0.29, 0.717) is 15.4 Å². The average Bonchev–Trinajstić information content (AvgIpc) is 2.30. The first-order valence-electron chi connectivity index (χ1n) is 6.40. The van der Waals surface area contributed by atoms with Crippen molar-refractivity contribution in [1.82, 2.24) is 0 Å². The lowest BCUT2D eigenvalue weighted by molar-refractivity contribution is 0.408. The molecule has 0 aliphatic heterocycles. The maximum atomic E-state index is 7.53. The van der Waals surface area contributed by atoms with Crippen LogP contribution in [0, 0.1) is 0 Å². The van der Waals surface area contributed by atoms with E-state index in [1.807, 2.05) is 0 Å². The van der Waals surface area contributed by atoms with E-state index in [2.05, 4.69) is 18.4 Å². The maximum Gasteiger partial charge on any atom is 0.469 e. The van der Waals surface area contributed by atoms with Gasteiger partial charge in [-0.1, -0.05) is 71.6 Å². The SMILES string of the molecule is CCCCCCCCCCC.O[B]O[B]O. The molecule has 0 bridgehead atoms. The van der Waals surface area contributed by atoms with E-state index in [-0.39, 0.29) is 0 Å². The zero-order valence-electron chi connectivity index (χ0n) is 10.8. The van der Waals surface area contributed by atoms with Crippen LogP contribution in [-0.4, -0.2) is 25.4 Å². The third-order valence-corrected chi connectivity index (χ3v) is 2.33. The van der Waals surface area contributed by atoms with Crippen molar-refractivity contribution in [2.24, 2.45) is 0 Å². The normalized spacial score (nSPS) is 9.25. The Labute approximate surface area is 102 Å². The summed E-state index contributed by atoms with van der Waals surface area (Å²) < 4.78 is 3.69. The molecule has 0 unspecified atom stereocenters. The van der Waals surface area contributed by atoms with Crippen LogP contribution in [0.3, 0.4) is 0 Å². The van der Waals surface area contributed by atoms with Gasteiger partial charge in [-0.3, -0.25) is 0 Å². The van der Waals surface area contributed by atoms with E-state index < -0.39 is 0 Å². The van der Waals surface area contributed by atoms with Crippen LogP contribution in [-0.2, 0) is 4.57 Å². The molecule has 2 radical (unpaired) electrons. The Bertz CT molecular complexity index is 95.2. The monoisotopic (exact) mass is 228 g/mol. The van der Waals surface area contributed by atoms with Crippen molar-refractivity contribution in [3.63, 3.8) is 0 Å². The lowest BCUT2D eigenvalue weighted by Crippen LogP contribution is -2.00. The molecular weight excluding hydrogens is 202 g/mol. The third kappa shape index (κ3) is 23.7. The van der Waals surface area contributed by atoms with Crippen molar-refractivity contribution < 1.29 is 14.6 Å². The molecule has 0 aromatic heterocycles. The summed E-state index contributed by atoms with van der Waals surface area (Å²) in [6, 6.07) is 0. The summed E-state index contributed by atoms with van der Waals surface area (Å²) >= 11 is 0. The van der Waals surface area contributed by atoms with Crippen LogP contribution in [0.5, 0.6) is 0 Å². The van der Waals surface area contributed by atoms with Crippen LogP contribution in [0.4, 0.5) is 0 Å². The zero-order valence-corrected chi connectivity index (χ0v) is 10.8. The molecule has 0 saturated carbocycles. The van der Waals surface area contributed by atoms with Crippen LogP contribution < -0.4 is 0 Å². The van der Waals surface area contributed by atoms with Gasteiger partial charge in [-0.05, 0) is 0 Å². The Morgan fingerprint density at radius 3 is 1.19 bits per heavy atom. The Hall–Kier alpha value is 0.00987. The Morgan fingerprint density at radius 1 is 0.688 bits per heavy atom. The summed E-state index contributed by atoms with van der Waals surface area (Å²) in [5.74, 6) is 0. The smallest absolute Gasteiger partial charge is 0.456 e. The van der Waals surface area contributed by atoms with E-state index in [1.165, 1.54) is 57.8 Å². The van der Waals surface area contributed by atoms with E-state index in [9.17, 15) is 0 Å².